The summed E-state index contributed by atoms with van der Waals surface area (Å²) < 4.78 is 1.76. The van der Waals surface area contributed by atoms with Crippen molar-refractivity contribution < 1.29 is 4.79 Å². The predicted molar refractivity (Wildman–Crippen MR) is 91.1 cm³/mol. The first-order valence-corrected chi connectivity index (χ1v) is 9.12. The van der Waals surface area contributed by atoms with Gasteiger partial charge >= 0.3 is 0 Å². The highest BCUT2D eigenvalue weighted by Crippen LogP contribution is 2.44. The topological polar surface area (TPSA) is 71.3 Å². The van der Waals surface area contributed by atoms with Gasteiger partial charge in [-0.3, -0.25) is 4.79 Å². The van der Waals surface area contributed by atoms with E-state index in [2.05, 4.69) is 20.7 Å². The van der Waals surface area contributed by atoms with E-state index in [1.165, 1.54) is 38.5 Å². The minimum atomic E-state index is -0.0238. The van der Waals surface area contributed by atoms with E-state index >= 15 is 0 Å². The van der Waals surface area contributed by atoms with Gasteiger partial charge in [0.05, 0.1) is 6.20 Å². The first kappa shape index (κ1) is 14.3. The summed E-state index contributed by atoms with van der Waals surface area (Å²) in [5.41, 5.74) is 2.23. The number of hydrogen-bond donors (Lipinski definition) is 2. The molecule has 0 spiro atoms. The Hall–Kier alpha value is -2.11. The summed E-state index contributed by atoms with van der Waals surface area (Å²) in [5, 5.41) is 11.1. The molecule has 2 aromatic rings. The number of hydrogen-bond acceptors (Lipinski definition) is 4. The molecule has 24 heavy (non-hydrogen) atoms. The lowest BCUT2D eigenvalue weighted by Gasteiger charge is -2.17. The van der Waals surface area contributed by atoms with Crippen LogP contribution in [0, 0.1) is 18.8 Å². The molecule has 6 heteroatoms. The van der Waals surface area contributed by atoms with Gasteiger partial charge < -0.3 is 10.6 Å². The van der Waals surface area contributed by atoms with Crippen molar-refractivity contribution in [1.29, 1.82) is 0 Å². The minimum Gasteiger partial charge on any atom is -0.367 e. The lowest BCUT2D eigenvalue weighted by atomic mass is 10.1. The number of nitrogens with zero attached hydrogens (tertiary/aromatic N) is 3. The van der Waals surface area contributed by atoms with Gasteiger partial charge in [-0.15, -0.1) is 0 Å². The molecule has 5 rings (SSSR count). The highest BCUT2D eigenvalue weighted by Gasteiger charge is 2.42. The molecule has 0 aliphatic heterocycles. The van der Waals surface area contributed by atoms with Gasteiger partial charge in [0.2, 0.25) is 0 Å². The molecular weight excluding hydrogens is 302 g/mol. The summed E-state index contributed by atoms with van der Waals surface area (Å²) in [7, 11) is 0. The summed E-state index contributed by atoms with van der Waals surface area (Å²) in [6.45, 7) is 2.00. The van der Waals surface area contributed by atoms with Gasteiger partial charge in [0.25, 0.3) is 5.91 Å². The van der Waals surface area contributed by atoms with E-state index in [-0.39, 0.29) is 5.91 Å². The van der Waals surface area contributed by atoms with Crippen LogP contribution < -0.4 is 10.6 Å². The van der Waals surface area contributed by atoms with Crippen LogP contribution in [-0.2, 0) is 0 Å². The third-order valence-corrected chi connectivity index (χ3v) is 5.38. The standard InChI is InChI=1S/C18H23N5O/c1-10-8-15(20-13-6-7-13)21-17-14(9-19-23(10)17)18(24)22-16(11-2-3-11)12-4-5-12/h8-9,11-13,16H,2-7H2,1H3,(H,20,21)(H,22,24). The van der Waals surface area contributed by atoms with Crippen LogP contribution in [0.1, 0.15) is 54.6 Å². The highest BCUT2D eigenvalue weighted by atomic mass is 16.1. The smallest absolute Gasteiger partial charge is 0.257 e. The Bertz CT molecular complexity index is 789. The van der Waals surface area contributed by atoms with E-state index < -0.39 is 0 Å². The first-order chi connectivity index (χ1) is 11.7. The second kappa shape index (κ2) is 5.19. The maximum absolute atomic E-state index is 12.8. The molecule has 2 heterocycles. The maximum atomic E-state index is 12.8. The fourth-order valence-electron chi connectivity index (χ4n) is 3.54. The molecule has 0 bridgehead atoms. The lowest BCUT2D eigenvalue weighted by molar-refractivity contribution is 0.0928. The largest absolute Gasteiger partial charge is 0.367 e. The number of amides is 1. The average Bonchev–Trinajstić information content (AvgIpc) is 3.40. The van der Waals surface area contributed by atoms with Crippen molar-refractivity contribution in [2.24, 2.45) is 11.8 Å². The normalized spacial score (nSPS) is 20.6. The van der Waals surface area contributed by atoms with Crippen molar-refractivity contribution in [3.05, 3.63) is 23.5 Å². The van der Waals surface area contributed by atoms with Crippen molar-refractivity contribution >= 4 is 17.4 Å². The van der Waals surface area contributed by atoms with Crippen molar-refractivity contribution in [2.75, 3.05) is 5.32 Å². The molecule has 2 N–H and O–H groups in total. The maximum Gasteiger partial charge on any atom is 0.257 e. The molecule has 0 unspecified atom stereocenters. The van der Waals surface area contributed by atoms with E-state index in [1.54, 1.807) is 10.7 Å². The number of carbonyl (C=O) groups is 1. The number of fused-ring (bicyclic) bond motifs is 1. The van der Waals surface area contributed by atoms with E-state index in [4.69, 9.17) is 0 Å². The summed E-state index contributed by atoms with van der Waals surface area (Å²) >= 11 is 0. The Kier molecular flexibility index (Phi) is 3.08. The van der Waals surface area contributed by atoms with Gasteiger partial charge in [-0.25, -0.2) is 9.50 Å². The molecule has 3 aliphatic rings. The quantitative estimate of drug-likeness (QED) is 0.856. The van der Waals surface area contributed by atoms with Crippen LogP contribution in [0.5, 0.6) is 0 Å². The third-order valence-electron chi connectivity index (χ3n) is 5.38. The van der Waals surface area contributed by atoms with Crippen LogP contribution in [0.2, 0.25) is 0 Å². The van der Waals surface area contributed by atoms with Crippen LogP contribution in [0.25, 0.3) is 5.65 Å². The number of aromatic nitrogens is 3. The Labute approximate surface area is 141 Å². The van der Waals surface area contributed by atoms with Crippen LogP contribution in [0.3, 0.4) is 0 Å². The minimum absolute atomic E-state index is 0.0238. The Morgan fingerprint density at radius 3 is 2.54 bits per heavy atom. The predicted octanol–water partition coefficient (Wildman–Crippen LogP) is 2.53. The van der Waals surface area contributed by atoms with E-state index in [9.17, 15) is 4.79 Å². The van der Waals surface area contributed by atoms with Gasteiger partial charge in [0, 0.05) is 23.8 Å². The fraction of sp³-hybridized carbons (Fsp3) is 0.611. The molecule has 3 saturated carbocycles. The SMILES string of the molecule is Cc1cc(NC2CC2)nc2c(C(=O)NC(C3CC3)C3CC3)cnn12. The van der Waals surface area contributed by atoms with Gasteiger partial charge in [-0.1, -0.05) is 0 Å². The molecule has 126 valence electrons. The second-order valence-corrected chi connectivity index (χ2v) is 7.67. The number of rotatable bonds is 6. The fourth-order valence-corrected chi connectivity index (χ4v) is 3.54. The number of anilines is 1. The first-order valence-electron chi connectivity index (χ1n) is 9.12. The average molecular weight is 325 g/mol. The van der Waals surface area contributed by atoms with Crippen molar-refractivity contribution in [3.63, 3.8) is 0 Å². The van der Waals surface area contributed by atoms with Crippen LogP contribution in [-0.4, -0.2) is 32.6 Å². The Balaban J connectivity index is 1.44. The molecule has 6 nitrogen and oxygen atoms in total. The molecule has 0 radical (unpaired) electrons. The van der Waals surface area contributed by atoms with Crippen LogP contribution in [0.15, 0.2) is 12.3 Å². The van der Waals surface area contributed by atoms with Gasteiger partial charge in [-0.05, 0) is 57.3 Å². The van der Waals surface area contributed by atoms with Crippen LogP contribution >= 0.6 is 0 Å². The Morgan fingerprint density at radius 1 is 1.21 bits per heavy atom. The van der Waals surface area contributed by atoms with Crippen molar-refractivity contribution in [1.82, 2.24) is 19.9 Å². The molecule has 3 aliphatic carbocycles. The van der Waals surface area contributed by atoms with E-state index in [1.807, 2.05) is 13.0 Å². The molecular formula is C18H23N5O. The molecule has 3 fully saturated rings. The molecule has 0 atom stereocenters. The summed E-state index contributed by atoms with van der Waals surface area (Å²) in [4.78, 5) is 17.5. The van der Waals surface area contributed by atoms with E-state index in [0.717, 1.165) is 11.5 Å². The zero-order chi connectivity index (χ0) is 16.3. The van der Waals surface area contributed by atoms with Gasteiger partial charge in [-0.2, -0.15) is 5.10 Å². The molecule has 0 saturated heterocycles. The van der Waals surface area contributed by atoms with Crippen molar-refractivity contribution in [2.45, 2.75) is 57.5 Å². The summed E-state index contributed by atoms with van der Waals surface area (Å²) in [6.07, 6.45) is 9.06. The zero-order valence-electron chi connectivity index (χ0n) is 14.0. The Morgan fingerprint density at radius 2 is 1.92 bits per heavy atom. The summed E-state index contributed by atoms with van der Waals surface area (Å²) in [6, 6.07) is 2.88. The highest BCUT2D eigenvalue weighted by molar-refractivity contribution is 6.00. The number of nitrogens with one attached hydrogen (secondary N) is 2. The zero-order valence-corrected chi connectivity index (χ0v) is 14.0. The third kappa shape index (κ3) is 2.64. The molecule has 1 amide bonds. The number of aryl methyl sites for hydroxylation is 1. The number of carbonyl (C=O) groups excluding carboxylic acids is 1. The van der Waals surface area contributed by atoms with E-state index in [0.29, 0.717) is 35.1 Å². The second-order valence-electron chi connectivity index (χ2n) is 7.67. The molecule has 2 aromatic heterocycles. The molecule has 0 aromatic carbocycles. The van der Waals surface area contributed by atoms with Crippen molar-refractivity contribution in [3.8, 4) is 0 Å². The van der Waals surface area contributed by atoms with Gasteiger partial charge in [0.1, 0.15) is 11.4 Å². The van der Waals surface area contributed by atoms with Crippen LogP contribution in [0.4, 0.5) is 5.82 Å². The monoisotopic (exact) mass is 325 g/mol. The lowest BCUT2D eigenvalue weighted by Crippen LogP contribution is -2.38. The van der Waals surface area contributed by atoms with Gasteiger partial charge in [0.15, 0.2) is 5.65 Å². The summed E-state index contributed by atoms with van der Waals surface area (Å²) in [5.74, 6) is 2.19.